The standard InChI is InChI=1S/C22H28N2O3S2/c1-15(2)29(26,27)18-10-8-17(9-11-18)22(20(25)24-21-23-12-13-28-21)14-19(22)16-6-4-3-5-7-16/h8-13,15-16,19H,3-7,14H2,1-2H3,(H,23,24,25)/t19-,22-/m0/s1. The van der Waals surface area contributed by atoms with Crippen LogP contribution < -0.4 is 5.32 Å². The zero-order valence-electron chi connectivity index (χ0n) is 16.9. The Morgan fingerprint density at radius 1 is 1.17 bits per heavy atom. The molecule has 1 aromatic carbocycles. The lowest BCUT2D eigenvalue weighted by Crippen LogP contribution is -2.32. The second-order valence-electron chi connectivity index (χ2n) is 8.59. The molecule has 1 heterocycles. The van der Waals surface area contributed by atoms with Gasteiger partial charge in [0.25, 0.3) is 0 Å². The van der Waals surface area contributed by atoms with Crippen molar-refractivity contribution >= 4 is 32.2 Å². The smallest absolute Gasteiger partial charge is 0.237 e. The maximum atomic E-state index is 13.4. The van der Waals surface area contributed by atoms with Gasteiger partial charge in [0.2, 0.25) is 5.91 Å². The molecule has 2 aliphatic rings. The van der Waals surface area contributed by atoms with E-state index in [4.69, 9.17) is 0 Å². The van der Waals surface area contributed by atoms with Crippen LogP contribution in [0, 0.1) is 11.8 Å². The van der Waals surface area contributed by atoms with E-state index in [1.165, 1.54) is 43.4 Å². The van der Waals surface area contributed by atoms with Crippen LogP contribution in [0.5, 0.6) is 0 Å². The molecule has 2 atom stereocenters. The van der Waals surface area contributed by atoms with Crippen molar-refractivity contribution in [2.24, 2.45) is 11.8 Å². The third-order valence-electron chi connectivity index (χ3n) is 6.61. The van der Waals surface area contributed by atoms with Crippen LogP contribution in [-0.4, -0.2) is 24.6 Å². The van der Waals surface area contributed by atoms with E-state index in [0.29, 0.717) is 21.9 Å². The van der Waals surface area contributed by atoms with E-state index in [1.807, 2.05) is 17.5 Å². The van der Waals surface area contributed by atoms with E-state index in [0.717, 1.165) is 12.0 Å². The number of rotatable bonds is 6. The zero-order valence-corrected chi connectivity index (χ0v) is 18.6. The van der Waals surface area contributed by atoms with Gasteiger partial charge in [0.05, 0.1) is 15.6 Å². The quantitative estimate of drug-likeness (QED) is 0.711. The molecule has 1 amide bonds. The average Bonchev–Trinajstić information content (AvgIpc) is 3.29. The van der Waals surface area contributed by atoms with Gasteiger partial charge in [0, 0.05) is 11.6 Å². The SMILES string of the molecule is CC(C)S(=O)(=O)c1ccc([C@@]2(C(=O)Nc3nccs3)C[C@H]2C2CCCCC2)cc1. The molecular weight excluding hydrogens is 404 g/mol. The second kappa shape index (κ2) is 7.84. The van der Waals surface area contributed by atoms with E-state index in [-0.39, 0.29) is 5.91 Å². The lowest BCUT2D eigenvalue weighted by molar-refractivity contribution is -0.119. The highest BCUT2D eigenvalue weighted by molar-refractivity contribution is 7.92. The molecule has 2 saturated carbocycles. The first-order chi connectivity index (χ1) is 13.9. The van der Waals surface area contributed by atoms with Crippen LogP contribution in [0.25, 0.3) is 0 Å². The van der Waals surface area contributed by atoms with Gasteiger partial charge < -0.3 is 5.32 Å². The molecule has 2 aromatic rings. The molecule has 0 bridgehead atoms. The van der Waals surface area contributed by atoms with E-state index >= 15 is 0 Å². The number of benzene rings is 1. The minimum atomic E-state index is -3.32. The van der Waals surface area contributed by atoms with E-state index < -0.39 is 20.5 Å². The highest BCUT2D eigenvalue weighted by atomic mass is 32.2. The molecule has 7 heteroatoms. The molecule has 2 fully saturated rings. The molecule has 1 N–H and O–H groups in total. The van der Waals surface area contributed by atoms with Gasteiger partial charge in [-0.15, -0.1) is 11.3 Å². The Labute approximate surface area is 176 Å². The summed E-state index contributed by atoms with van der Waals surface area (Å²) in [7, 11) is -3.32. The predicted octanol–water partition coefficient (Wildman–Crippen LogP) is 4.80. The lowest BCUT2D eigenvalue weighted by Gasteiger charge is -2.25. The highest BCUT2D eigenvalue weighted by Gasteiger charge is 2.63. The van der Waals surface area contributed by atoms with Gasteiger partial charge >= 0.3 is 0 Å². The van der Waals surface area contributed by atoms with Gasteiger partial charge in [-0.3, -0.25) is 4.79 Å². The van der Waals surface area contributed by atoms with Crippen molar-refractivity contribution in [3.05, 3.63) is 41.4 Å². The fraction of sp³-hybridized carbons (Fsp3) is 0.545. The highest BCUT2D eigenvalue weighted by Crippen LogP contribution is 2.61. The number of nitrogens with zero attached hydrogens (tertiary/aromatic N) is 1. The summed E-state index contributed by atoms with van der Waals surface area (Å²) in [4.78, 5) is 17.9. The van der Waals surface area contributed by atoms with Crippen molar-refractivity contribution in [3.63, 3.8) is 0 Å². The minimum absolute atomic E-state index is 0.0116. The summed E-state index contributed by atoms with van der Waals surface area (Å²) >= 11 is 1.41. The molecular formula is C22H28N2O3S2. The third-order valence-corrected chi connectivity index (χ3v) is 9.47. The van der Waals surface area contributed by atoms with Gasteiger partial charge in [0.1, 0.15) is 0 Å². The first-order valence-corrected chi connectivity index (χ1v) is 12.8. The van der Waals surface area contributed by atoms with Gasteiger partial charge in [-0.25, -0.2) is 13.4 Å². The Bertz CT molecular complexity index is 962. The van der Waals surface area contributed by atoms with Crippen LogP contribution in [0.15, 0.2) is 40.7 Å². The molecule has 2 aliphatic carbocycles. The predicted molar refractivity (Wildman–Crippen MR) is 116 cm³/mol. The normalized spacial score (nSPS) is 25.1. The van der Waals surface area contributed by atoms with Crippen LogP contribution >= 0.6 is 11.3 Å². The molecule has 4 rings (SSSR count). The molecule has 156 valence electrons. The number of carbonyl (C=O) groups excluding carboxylic acids is 1. The Balaban J connectivity index is 1.65. The van der Waals surface area contributed by atoms with Crippen molar-refractivity contribution in [2.75, 3.05) is 5.32 Å². The summed E-state index contributed by atoms with van der Waals surface area (Å²) in [5, 5.41) is 5.00. The summed E-state index contributed by atoms with van der Waals surface area (Å²) in [5.41, 5.74) is 0.346. The fourth-order valence-corrected chi connectivity index (χ4v) is 6.41. The second-order valence-corrected chi connectivity index (χ2v) is 12.0. The van der Waals surface area contributed by atoms with Crippen molar-refractivity contribution in [3.8, 4) is 0 Å². The van der Waals surface area contributed by atoms with Gasteiger partial charge in [0.15, 0.2) is 15.0 Å². The summed E-state index contributed by atoms with van der Waals surface area (Å²) < 4.78 is 25.0. The number of nitrogens with one attached hydrogen (secondary N) is 1. The Kier molecular flexibility index (Phi) is 5.55. The summed E-state index contributed by atoms with van der Waals surface area (Å²) in [6, 6.07) is 7.03. The molecule has 5 nitrogen and oxygen atoms in total. The van der Waals surface area contributed by atoms with Gasteiger partial charge in [-0.2, -0.15) is 0 Å². The molecule has 0 saturated heterocycles. The average molecular weight is 433 g/mol. The Hall–Kier alpha value is -1.73. The minimum Gasteiger partial charge on any atom is -0.301 e. The third kappa shape index (κ3) is 3.75. The van der Waals surface area contributed by atoms with E-state index in [9.17, 15) is 13.2 Å². The largest absolute Gasteiger partial charge is 0.301 e. The summed E-state index contributed by atoms with van der Waals surface area (Å²) in [5.74, 6) is 0.864. The number of carbonyl (C=O) groups is 1. The van der Waals surface area contributed by atoms with Crippen LogP contribution in [0.1, 0.15) is 57.9 Å². The zero-order chi connectivity index (χ0) is 20.6. The number of aromatic nitrogens is 1. The Morgan fingerprint density at radius 3 is 2.45 bits per heavy atom. The first-order valence-electron chi connectivity index (χ1n) is 10.4. The van der Waals surface area contributed by atoms with E-state index in [1.54, 1.807) is 32.2 Å². The number of hydrogen-bond donors (Lipinski definition) is 1. The number of hydrogen-bond acceptors (Lipinski definition) is 5. The molecule has 29 heavy (non-hydrogen) atoms. The topological polar surface area (TPSA) is 76.1 Å². The number of amides is 1. The summed E-state index contributed by atoms with van der Waals surface area (Å²) in [6.07, 6.45) is 8.61. The van der Waals surface area contributed by atoms with Gasteiger partial charge in [-0.1, -0.05) is 44.2 Å². The van der Waals surface area contributed by atoms with Crippen molar-refractivity contribution in [2.45, 2.75) is 67.9 Å². The maximum Gasteiger partial charge on any atom is 0.237 e. The van der Waals surface area contributed by atoms with Crippen LogP contribution in [0.4, 0.5) is 5.13 Å². The lowest BCUT2D eigenvalue weighted by atomic mass is 9.80. The molecule has 0 unspecified atom stereocenters. The van der Waals surface area contributed by atoms with Crippen LogP contribution in [-0.2, 0) is 20.0 Å². The molecule has 1 aromatic heterocycles. The van der Waals surface area contributed by atoms with Crippen molar-refractivity contribution in [1.29, 1.82) is 0 Å². The molecule has 0 spiro atoms. The monoisotopic (exact) mass is 432 g/mol. The van der Waals surface area contributed by atoms with Crippen LogP contribution in [0.2, 0.25) is 0 Å². The Morgan fingerprint density at radius 2 is 1.86 bits per heavy atom. The number of thiazole rings is 1. The molecule has 0 radical (unpaired) electrons. The van der Waals surface area contributed by atoms with Gasteiger partial charge in [-0.05, 0) is 49.8 Å². The molecule has 0 aliphatic heterocycles. The maximum absolute atomic E-state index is 13.4. The van der Waals surface area contributed by atoms with Crippen molar-refractivity contribution in [1.82, 2.24) is 4.98 Å². The number of sulfone groups is 1. The summed E-state index contributed by atoms with van der Waals surface area (Å²) in [6.45, 7) is 3.37. The van der Waals surface area contributed by atoms with Crippen LogP contribution in [0.3, 0.4) is 0 Å². The number of anilines is 1. The van der Waals surface area contributed by atoms with E-state index in [2.05, 4.69) is 10.3 Å². The first kappa shape index (κ1) is 20.5. The van der Waals surface area contributed by atoms with Crippen molar-refractivity contribution < 1.29 is 13.2 Å². The fourth-order valence-electron chi connectivity index (χ4n) is 4.83.